The van der Waals surface area contributed by atoms with Crippen molar-refractivity contribution in [1.29, 1.82) is 0 Å². The van der Waals surface area contributed by atoms with Crippen LogP contribution in [0.3, 0.4) is 0 Å². The van der Waals surface area contributed by atoms with Gasteiger partial charge < -0.3 is 5.11 Å². The lowest BCUT2D eigenvalue weighted by atomic mass is 9.62. The molecule has 4 nitrogen and oxygen atoms in total. The molecule has 1 N–H and O–H groups in total. The Balaban J connectivity index is 1.90. The van der Waals surface area contributed by atoms with E-state index in [1.54, 1.807) is 0 Å². The molecule has 31 heavy (non-hydrogen) atoms. The number of benzene rings is 2. The highest BCUT2D eigenvalue weighted by atomic mass is 16.3. The Morgan fingerprint density at radius 3 is 2.00 bits per heavy atom. The van der Waals surface area contributed by atoms with Crippen molar-refractivity contribution in [2.75, 3.05) is 0 Å². The molecule has 1 fully saturated rings. The van der Waals surface area contributed by atoms with E-state index in [0.717, 1.165) is 16.3 Å². The van der Waals surface area contributed by atoms with Crippen LogP contribution in [0.2, 0.25) is 0 Å². The number of hydrogen-bond donors (Lipinski definition) is 1. The summed E-state index contributed by atoms with van der Waals surface area (Å²) in [4.78, 5) is 39.7. The molecule has 0 aliphatic heterocycles. The molecule has 0 aromatic heterocycles. The largest absolute Gasteiger partial charge is 0.512 e. The van der Waals surface area contributed by atoms with E-state index in [1.807, 2.05) is 70.2 Å². The van der Waals surface area contributed by atoms with Crippen LogP contribution in [0.5, 0.6) is 0 Å². The van der Waals surface area contributed by atoms with Crippen molar-refractivity contribution in [3.8, 4) is 0 Å². The minimum absolute atomic E-state index is 0.0184. The number of aliphatic hydroxyl groups is 1. The molecule has 1 saturated carbocycles. The maximum Gasteiger partial charge on any atom is 0.163 e. The molecule has 0 amide bonds. The van der Waals surface area contributed by atoms with Crippen molar-refractivity contribution < 1.29 is 19.5 Å². The fourth-order valence-electron chi connectivity index (χ4n) is 5.36. The number of fused-ring (bicyclic) bond motifs is 1. The van der Waals surface area contributed by atoms with Crippen molar-refractivity contribution in [2.24, 2.45) is 16.7 Å². The lowest BCUT2D eigenvalue weighted by Crippen LogP contribution is -2.43. The minimum Gasteiger partial charge on any atom is -0.512 e. The summed E-state index contributed by atoms with van der Waals surface area (Å²) in [6.45, 7) is 7.74. The predicted molar refractivity (Wildman–Crippen MR) is 121 cm³/mol. The van der Waals surface area contributed by atoms with Gasteiger partial charge in [0.15, 0.2) is 5.78 Å². The highest BCUT2D eigenvalue weighted by Crippen LogP contribution is 2.47. The Morgan fingerprint density at radius 1 is 0.806 bits per heavy atom. The Hall–Kier alpha value is -2.75. The summed E-state index contributed by atoms with van der Waals surface area (Å²) in [5, 5.41) is 13.0. The minimum atomic E-state index is -0.934. The molecule has 1 atom stereocenters. The number of allylic oxidation sites excluding steroid dienone is 2. The number of carbonyl (C=O) groups is 3. The lowest BCUT2D eigenvalue weighted by molar-refractivity contribution is -0.140. The van der Waals surface area contributed by atoms with Gasteiger partial charge in [-0.2, -0.15) is 0 Å². The van der Waals surface area contributed by atoms with Crippen molar-refractivity contribution in [1.82, 2.24) is 0 Å². The van der Waals surface area contributed by atoms with Crippen LogP contribution in [0.25, 0.3) is 10.8 Å². The molecular formula is C27H30O4. The van der Waals surface area contributed by atoms with Crippen molar-refractivity contribution in [2.45, 2.75) is 59.3 Å². The normalized spacial score (nSPS) is 22.8. The molecule has 0 unspecified atom stereocenters. The van der Waals surface area contributed by atoms with E-state index in [9.17, 15) is 19.5 Å². The smallest absolute Gasteiger partial charge is 0.163 e. The third kappa shape index (κ3) is 4.08. The molecule has 0 radical (unpaired) electrons. The van der Waals surface area contributed by atoms with Crippen molar-refractivity contribution in [3.63, 3.8) is 0 Å². The Kier molecular flexibility index (Phi) is 5.15. The van der Waals surface area contributed by atoms with E-state index in [4.69, 9.17) is 0 Å². The Labute approximate surface area is 183 Å². The van der Waals surface area contributed by atoms with Gasteiger partial charge in [-0.1, -0.05) is 70.2 Å². The molecule has 4 heteroatoms. The van der Waals surface area contributed by atoms with Crippen LogP contribution in [0.15, 0.2) is 53.8 Å². The van der Waals surface area contributed by atoms with Gasteiger partial charge in [0.2, 0.25) is 0 Å². The number of carbonyl (C=O) groups excluding carboxylic acids is 3. The molecule has 0 bridgehead atoms. The van der Waals surface area contributed by atoms with Crippen LogP contribution in [0, 0.1) is 16.7 Å². The van der Waals surface area contributed by atoms with E-state index in [-0.39, 0.29) is 45.9 Å². The van der Waals surface area contributed by atoms with Crippen LogP contribution in [-0.2, 0) is 14.4 Å². The first-order valence-corrected chi connectivity index (χ1v) is 11.0. The van der Waals surface area contributed by atoms with E-state index >= 15 is 0 Å². The van der Waals surface area contributed by atoms with Crippen LogP contribution in [-0.4, -0.2) is 22.5 Å². The highest BCUT2D eigenvalue weighted by molar-refractivity contribution is 6.09. The van der Waals surface area contributed by atoms with Gasteiger partial charge >= 0.3 is 0 Å². The molecule has 4 rings (SSSR count). The molecule has 0 spiro atoms. The van der Waals surface area contributed by atoms with Gasteiger partial charge in [0.05, 0.1) is 5.92 Å². The van der Waals surface area contributed by atoms with Gasteiger partial charge in [0, 0.05) is 37.2 Å². The molecule has 2 aliphatic rings. The fourth-order valence-corrected chi connectivity index (χ4v) is 5.36. The summed E-state index contributed by atoms with van der Waals surface area (Å²) in [5.74, 6) is -2.11. The molecule has 162 valence electrons. The SMILES string of the molecule is CC1(C)CC(=O)C([C@@H](C2=C(O)CC(C)(C)CC2=O)c2ccc3ccccc3c2)C(=O)C1. The third-order valence-corrected chi connectivity index (χ3v) is 6.67. The van der Waals surface area contributed by atoms with Crippen LogP contribution >= 0.6 is 0 Å². The summed E-state index contributed by atoms with van der Waals surface area (Å²) in [7, 11) is 0. The summed E-state index contributed by atoms with van der Waals surface area (Å²) < 4.78 is 0. The number of hydrogen-bond acceptors (Lipinski definition) is 4. The predicted octanol–water partition coefficient (Wildman–Crippen LogP) is 5.70. The zero-order chi connectivity index (χ0) is 22.6. The number of ketones is 3. The first-order valence-electron chi connectivity index (χ1n) is 11.0. The van der Waals surface area contributed by atoms with Crippen LogP contribution < -0.4 is 0 Å². The lowest BCUT2D eigenvalue weighted by Gasteiger charge is -2.39. The Morgan fingerprint density at radius 2 is 1.39 bits per heavy atom. The average molecular weight is 419 g/mol. The van der Waals surface area contributed by atoms with E-state index in [2.05, 4.69) is 0 Å². The Bertz CT molecular complexity index is 1100. The van der Waals surface area contributed by atoms with Gasteiger partial charge in [-0.15, -0.1) is 0 Å². The second kappa shape index (κ2) is 7.44. The van der Waals surface area contributed by atoms with Gasteiger partial charge in [-0.3, -0.25) is 14.4 Å². The van der Waals surface area contributed by atoms with E-state index in [1.165, 1.54) is 0 Å². The monoisotopic (exact) mass is 418 g/mol. The third-order valence-electron chi connectivity index (χ3n) is 6.67. The number of Topliss-reactive ketones (excluding diaryl/α,β-unsaturated/α-hetero) is 3. The van der Waals surface area contributed by atoms with E-state index < -0.39 is 11.8 Å². The van der Waals surface area contributed by atoms with E-state index in [0.29, 0.717) is 19.3 Å². The molecule has 2 aromatic carbocycles. The molecule has 0 saturated heterocycles. The maximum atomic E-state index is 13.2. The second-order valence-corrected chi connectivity index (χ2v) is 10.8. The molecule has 2 aromatic rings. The van der Waals surface area contributed by atoms with Crippen LogP contribution in [0.1, 0.15) is 64.9 Å². The van der Waals surface area contributed by atoms with Gasteiger partial charge in [-0.25, -0.2) is 0 Å². The van der Waals surface area contributed by atoms with Crippen molar-refractivity contribution in [3.05, 3.63) is 59.4 Å². The summed E-state index contributed by atoms with van der Waals surface area (Å²) >= 11 is 0. The fraction of sp³-hybridized carbons (Fsp3) is 0.444. The summed E-state index contributed by atoms with van der Waals surface area (Å²) in [5.41, 5.74) is 0.259. The van der Waals surface area contributed by atoms with Gasteiger partial charge in [0.25, 0.3) is 0 Å². The molecule has 0 heterocycles. The average Bonchev–Trinajstić information content (AvgIpc) is 2.63. The quantitative estimate of drug-likeness (QED) is 0.649. The second-order valence-electron chi connectivity index (χ2n) is 10.8. The highest BCUT2D eigenvalue weighted by Gasteiger charge is 2.48. The maximum absolute atomic E-state index is 13.2. The van der Waals surface area contributed by atoms with Crippen LogP contribution in [0.4, 0.5) is 0 Å². The summed E-state index contributed by atoms with van der Waals surface area (Å²) in [6.07, 6.45) is 1.23. The first kappa shape index (κ1) is 21.5. The first-order chi connectivity index (χ1) is 14.5. The molecular weight excluding hydrogens is 388 g/mol. The standard InChI is InChI=1S/C27H30O4/c1-26(2)12-19(28)24(20(29)13-26)23(25-21(30)14-27(3,4)15-22(25)31)18-10-9-16-7-5-6-8-17(16)11-18/h5-11,23-24,30H,12-15H2,1-4H3/t23-/m0/s1. The molecule has 2 aliphatic carbocycles. The van der Waals surface area contributed by atoms with Gasteiger partial charge in [0.1, 0.15) is 17.3 Å². The zero-order valence-corrected chi connectivity index (χ0v) is 18.7. The number of aliphatic hydroxyl groups excluding tert-OH is 1. The van der Waals surface area contributed by atoms with Crippen molar-refractivity contribution >= 4 is 28.1 Å². The number of rotatable bonds is 3. The topological polar surface area (TPSA) is 71.4 Å². The summed E-state index contributed by atoms with van der Waals surface area (Å²) in [6, 6.07) is 13.7. The van der Waals surface area contributed by atoms with Gasteiger partial charge in [-0.05, 0) is 27.2 Å². The zero-order valence-electron chi connectivity index (χ0n) is 18.7.